The summed E-state index contributed by atoms with van der Waals surface area (Å²) in [6.45, 7) is 4.09. The summed E-state index contributed by atoms with van der Waals surface area (Å²) in [7, 11) is 0. The number of nitrogens with zero attached hydrogens (tertiary/aromatic N) is 2. The lowest BCUT2D eigenvalue weighted by molar-refractivity contribution is -0.138. The maximum Gasteiger partial charge on any atom is 0.344 e. The molecule has 0 saturated carbocycles. The number of aliphatic hydroxyl groups is 1. The van der Waals surface area contributed by atoms with E-state index in [0.29, 0.717) is 32.5 Å². The van der Waals surface area contributed by atoms with Gasteiger partial charge in [0, 0.05) is 11.1 Å². The van der Waals surface area contributed by atoms with Gasteiger partial charge in [0.2, 0.25) is 0 Å². The molecule has 180 valence electrons. The summed E-state index contributed by atoms with van der Waals surface area (Å²) >= 11 is 1.19. The zero-order valence-electron chi connectivity index (χ0n) is 19.9. The Labute approximate surface area is 214 Å². The number of rotatable bonds is 7. The summed E-state index contributed by atoms with van der Waals surface area (Å²) in [6, 6.07) is 24.4. The predicted molar refractivity (Wildman–Crippen MR) is 142 cm³/mol. The SMILES string of the molecule is CCOC(=O)C1=C(O)/C(=C\c2ccccc2OCc2ccccc2C#N)SC1=Nc1ccc(C)cc1. The summed E-state index contributed by atoms with van der Waals surface area (Å²) in [5.74, 6) is -0.240. The van der Waals surface area contributed by atoms with E-state index < -0.39 is 5.97 Å². The Hall–Kier alpha value is -4.28. The standard InChI is InChI=1S/C29H24N2O4S/c1-3-34-29(33)26-27(32)25(36-28(26)31-23-14-12-19(2)13-15-23)16-20-8-6-7-11-24(20)35-18-22-10-5-4-9-21(22)17-30/h4-16,32H,3,18H2,1-2H3/b25-16+,31-28?. The van der Waals surface area contributed by atoms with Crippen LogP contribution in [0.4, 0.5) is 5.69 Å². The van der Waals surface area contributed by atoms with E-state index >= 15 is 0 Å². The summed E-state index contributed by atoms with van der Waals surface area (Å²) in [5, 5.41) is 20.7. The molecule has 0 amide bonds. The lowest BCUT2D eigenvalue weighted by Gasteiger charge is -2.11. The molecule has 4 rings (SSSR count). The predicted octanol–water partition coefficient (Wildman–Crippen LogP) is 6.64. The van der Waals surface area contributed by atoms with Crippen molar-refractivity contribution in [2.24, 2.45) is 4.99 Å². The molecular formula is C29H24N2O4S. The number of esters is 1. The number of aliphatic imine (C=N–C) groups is 1. The summed E-state index contributed by atoms with van der Waals surface area (Å²) in [6.07, 6.45) is 1.75. The fourth-order valence-corrected chi connectivity index (χ4v) is 4.54. The van der Waals surface area contributed by atoms with Gasteiger partial charge < -0.3 is 14.6 Å². The molecule has 36 heavy (non-hydrogen) atoms. The molecule has 3 aromatic carbocycles. The first-order valence-electron chi connectivity index (χ1n) is 11.4. The maximum absolute atomic E-state index is 12.7. The first-order chi connectivity index (χ1) is 17.5. The highest BCUT2D eigenvalue weighted by Crippen LogP contribution is 2.41. The van der Waals surface area contributed by atoms with Crippen molar-refractivity contribution in [1.82, 2.24) is 0 Å². The van der Waals surface area contributed by atoms with Crippen LogP contribution in [0.1, 0.15) is 29.2 Å². The van der Waals surface area contributed by atoms with Crippen LogP contribution in [0.25, 0.3) is 6.08 Å². The first kappa shape index (κ1) is 24.8. The van der Waals surface area contributed by atoms with E-state index in [1.54, 1.807) is 19.1 Å². The van der Waals surface area contributed by atoms with Gasteiger partial charge in [-0.3, -0.25) is 0 Å². The minimum absolute atomic E-state index is 0.0371. The van der Waals surface area contributed by atoms with Gasteiger partial charge in [0.15, 0.2) is 0 Å². The van der Waals surface area contributed by atoms with E-state index in [9.17, 15) is 15.2 Å². The van der Waals surface area contributed by atoms with Crippen LogP contribution in [0, 0.1) is 18.3 Å². The second-order valence-corrected chi connectivity index (χ2v) is 8.93. The van der Waals surface area contributed by atoms with Gasteiger partial charge in [0.25, 0.3) is 0 Å². The van der Waals surface area contributed by atoms with Gasteiger partial charge in [-0.1, -0.05) is 65.9 Å². The molecular weight excluding hydrogens is 472 g/mol. The van der Waals surface area contributed by atoms with Crippen LogP contribution in [0.2, 0.25) is 0 Å². The number of hydrogen-bond donors (Lipinski definition) is 1. The third-order valence-electron chi connectivity index (χ3n) is 5.36. The van der Waals surface area contributed by atoms with Gasteiger partial charge in [0.1, 0.15) is 28.7 Å². The zero-order valence-corrected chi connectivity index (χ0v) is 20.7. The molecule has 6 nitrogen and oxygen atoms in total. The monoisotopic (exact) mass is 496 g/mol. The molecule has 0 unspecified atom stereocenters. The number of ether oxygens (including phenoxy) is 2. The lowest BCUT2D eigenvalue weighted by Crippen LogP contribution is -2.12. The largest absolute Gasteiger partial charge is 0.506 e. The molecule has 1 aliphatic heterocycles. The minimum Gasteiger partial charge on any atom is -0.506 e. The van der Waals surface area contributed by atoms with Gasteiger partial charge >= 0.3 is 5.97 Å². The molecule has 0 aromatic heterocycles. The van der Waals surface area contributed by atoms with Crippen LogP contribution >= 0.6 is 11.8 Å². The average Bonchev–Trinajstić information content (AvgIpc) is 3.19. The van der Waals surface area contributed by atoms with E-state index in [1.165, 1.54) is 11.8 Å². The molecule has 0 radical (unpaired) electrons. The van der Waals surface area contributed by atoms with Crippen molar-refractivity contribution in [3.8, 4) is 11.8 Å². The minimum atomic E-state index is -0.630. The van der Waals surface area contributed by atoms with Crippen molar-refractivity contribution >= 4 is 34.5 Å². The molecule has 1 heterocycles. The normalized spacial score (nSPS) is 15.2. The highest BCUT2D eigenvalue weighted by atomic mass is 32.2. The Bertz CT molecular complexity index is 1420. The highest BCUT2D eigenvalue weighted by molar-refractivity contribution is 8.18. The third-order valence-corrected chi connectivity index (χ3v) is 6.38. The van der Waals surface area contributed by atoms with E-state index in [2.05, 4.69) is 11.1 Å². The van der Waals surface area contributed by atoms with Crippen LogP contribution in [-0.4, -0.2) is 22.7 Å². The number of para-hydroxylation sites is 1. The van der Waals surface area contributed by atoms with Crippen LogP contribution < -0.4 is 4.74 Å². The fraction of sp³-hybridized carbons (Fsp3) is 0.138. The number of carbonyl (C=O) groups is 1. The molecule has 0 fully saturated rings. The average molecular weight is 497 g/mol. The molecule has 0 bridgehead atoms. The molecule has 7 heteroatoms. The van der Waals surface area contributed by atoms with Crippen LogP contribution in [0.3, 0.4) is 0 Å². The van der Waals surface area contributed by atoms with E-state index in [0.717, 1.165) is 11.1 Å². The number of nitriles is 1. The van der Waals surface area contributed by atoms with E-state index in [1.807, 2.05) is 73.7 Å². The second kappa shape index (κ2) is 11.4. The topological polar surface area (TPSA) is 91.9 Å². The molecule has 0 saturated heterocycles. The molecule has 1 N–H and O–H groups in total. The molecule has 1 aliphatic rings. The number of carbonyl (C=O) groups excluding carboxylic acids is 1. The first-order valence-corrected chi connectivity index (χ1v) is 12.2. The zero-order chi connectivity index (χ0) is 25.5. The maximum atomic E-state index is 12.7. The van der Waals surface area contributed by atoms with Crippen LogP contribution in [0.5, 0.6) is 5.75 Å². The van der Waals surface area contributed by atoms with Crippen LogP contribution in [0.15, 0.2) is 94.0 Å². The van der Waals surface area contributed by atoms with Crippen molar-refractivity contribution in [2.45, 2.75) is 20.5 Å². The Kier molecular flexibility index (Phi) is 7.89. The molecule has 0 aliphatic carbocycles. The summed E-state index contributed by atoms with van der Waals surface area (Å²) in [5.41, 5.74) is 3.83. The Morgan fingerprint density at radius 1 is 1.08 bits per heavy atom. The Morgan fingerprint density at radius 2 is 1.81 bits per heavy atom. The summed E-state index contributed by atoms with van der Waals surface area (Å²) in [4.78, 5) is 17.7. The number of aliphatic hydroxyl groups excluding tert-OH is 1. The van der Waals surface area contributed by atoms with E-state index in [-0.39, 0.29) is 24.5 Å². The van der Waals surface area contributed by atoms with Gasteiger partial charge in [-0.25, -0.2) is 9.79 Å². The van der Waals surface area contributed by atoms with Crippen molar-refractivity contribution in [1.29, 1.82) is 5.26 Å². The number of aryl methyl sites for hydroxylation is 1. The Morgan fingerprint density at radius 3 is 2.56 bits per heavy atom. The molecule has 0 atom stereocenters. The van der Waals surface area contributed by atoms with E-state index in [4.69, 9.17) is 9.47 Å². The van der Waals surface area contributed by atoms with Gasteiger partial charge in [-0.2, -0.15) is 5.26 Å². The number of hydrogen-bond acceptors (Lipinski definition) is 7. The van der Waals surface area contributed by atoms with Crippen molar-refractivity contribution in [3.05, 3.63) is 111 Å². The van der Waals surface area contributed by atoms with Gasteiger partial charge in [-0.15, -0.1) is 0 Å². The fourth-order valence-electron chi connectivity index (χ4n) is 3.51. The van der Waals surface area contributed by atoms with Gasteiger partial charge in [-0.05, 0) is 44.2 Å². The number of benzene rings is 3. The second-order valence-electron chi connectivity index (χ2n) is 7.90. The smallest absolute Gasteiger partial charge is 0.344 e. The van der Waals surface area contributed by atoms with Crippen molar-refractivity contribution < 1.29 is 19.4 Å². The lowest BCUT2D eigenvalue weighted by atomic mass is 10.1. The Balaban J connectivity index is 1.67. The number of thioether (sulfide) groups is 1. The highest BCUT2D eigenvalue weighted by Gasteiger charge is 2.33. The summed E-state index contributed by atoms with van der Waals surface area (Å²) < 4.78 is 11.2. The molecule has 3 aromatic rings. The van der Waals surface area contributed by atoms with Crippen molar-refractivity contribution in [2.75, 3.05) is 6.61 Å². The van der Waals surface area contributed by atoms with Crippen molar-refractivity contribution in [3.63, 3.8) is 0 Å². The van der Waals surface area contributed by atoms with Crippen LogP contribution in [-0.2, 0) is 16.1 Å². The van der Waals surface area contributed by atoms with Gasteiger partial charge in [0.05, 0.1) is 28.8 Å². The quantitative estimate of drug-likeness (QED) is 0.369. The molecule has 0 spiro atoms. The third kappa shape index (κ3) is 5.68.